The Hall–Kier alpha value is -1.57. The SMILES string of the molecule is CCCc1ccc(/C=C/C(=O)O)cc1. The summed E-state index contributed by atoms with van der Waals surface area (Å²) >= 11 is 0. The molecule has 1 aromatic rings. The highest BCUT2D eigenvalue weighted by atomic mass is 16.4. The van der Waals surface area contributed by atoms with E-state index >= 15 is 0 Å². The molecule has 2 heteroatoms. The second-order valence-corrected chi connectivity index (χ2v) is 3.16. The molecule has 1 aromatic carbocycles. The molecular formula is C12H14O2. The van der Waals surface area contributed by atoms with Gasteiger partial charge in [0.05, 0.1) is 0 Å². The second kappa shape index (κ2) is 5.22. The first kappa shape index (κ1) is 10.5. The zero-order chi connectivity index (χ0) is 10.4. The maximum Gasteiger partial charge on any atom is 0.328 e. The van der Waals surface area contributed by atoms with Gasteiger partial charge in [-0.2, -0.15) is 0 Å². The first-order valence-electron chi connectivity index (χ1n) is 4.72. The van der Waals surface area contributed by atoms with E-state index in [4.69, 9.17) is 5.11 Å². The molecule has 0 bridgehead atoms. The molecule has 0 saturated carbocycles. The molecule has 14 heavy (non-hydrogen) atoms. The van der Waals surface area contributed by atoms with Gasteiger partial charge >= 0.3 is 5.97 Å². The lowest BCUT2D eigenvalue weighted by molar-refractivity contribution is -0.131. The lowest BCUT2D eigenvalue weighted by Gasteiger charge is -1.98. The maximum absolute atomic E-state index is 10.3. The number of benzene rings is 1. The molecule has 0 heterocycles. The minimum Gasteiger partial charge on any atom is -0.478 e. The van der Waals surface area contributed by atoms with Crippen LogP contribution in [-0.4, -0.2) is 11.1 Å². The zero-order valence-corrected chi connectivity index (χ0v) is 8.23. The average molecular weight is 190 g/mol. The highest BCUT2D eigenvalue weighted by Gasteiger charge is 1.91. The number of aryl methyl sites for hydroxylation is 1. The summed E-state index contributed by atoms with van der Waals surface area (Å²) in [5.41, 5.74) is 2.22. The number of carbonyl (C=O) groups is 1. The summed E-state index contributed by atoms with van der Waals surface area (Å²) in [6, 6.07) is 7.94. The van der Waals surface area contributed by atoms with Crippen molar-refractivity contribution in [1.29, 1.82) is 0 Å². The Kier molecular flexibility index (Phi) is 3.92. The van der Waals surface area contributed by atoms with E-state index in [1.54, 1.807) is 6.08 Å². The summed E-state index contributed by atoms with van der Waals surface area (Å²) < 4.78 is 0. The van der Waals surface area contributed by atoms with Gasteiger partial charge in [-0.1, -0.05) is 37.6 Å². The minimum atomic E-state index is -0.914. The van der Waals surface area contributed by atoms with Crippen molar-refractivity contribution >= 4 is 12.0 Å². The van der Waals surface area contributed by atoms with Crippen molar-refractivity contribution in [2.75, 3.05) is 0 Å². The molecule has 1 rings (SSSR count). The molecule has 2 nitrogen and oxygen atoms in total. The van der Waals surface area contributed by atoms with Crippen molar-refractivity contribution in [2.24, 2.45) is 0 Å². The van der Waals surface area contributed by atoms with Gasteiger partial charge in [-0.15, -0.1) is 0 Å². The topological polar surface area (TPSA) is 37.3 Å². The normalized spacial score (nSPS) is 10.6. The molecule has 0 unspecified atom stereocenters. The number of carboxylic acid groups (broad SMARTS) is 1. The van der Waals surface area contributed by atoms with Crippen molar-refractivity contribution in [3.63, 3.8) is 0 Å². The summed E-state index contributed by atoms with van der Waals surface area (Å²) in [6.45, 7) is 2.14. The third-order valence-electron chi connectivity index (χ3n) is 1.94. The molecule has 74 valence electrons. The van der Waals surface area contributed by atoms with Gasteiger partial charge in [0.25, 0.3) is 0 Å². The smallest absolute Gasteiger partial charge is 0.328 e. The van der Waals surface area contributed by atoms with Gasteiger partial charge in [0, 0.05) is 6.08 Å². The van der Waals surface area contributed by atoms with Crippen molar-refractivity contribution in [1.82, 2.24) is 0 Å². The molecule has 0 atom stereocenters. The molecular weight excluding hydrogens is 176 g/mol. The predicted molar refractivity (Wildman–Crippen MR) is 57.1 cm³/mol. The van der Waals surface area contributed by atoms with Crippen LogP contribution in [0.3, 0.4) is 0 Å². The van der Waals surface area contributed by atoms with Crippen molar-refractivity contribution in [3.8, 4) is 0 Å². The number of hydrogen-bond donors (Lipinski definition) is 1. The highest BCUT2D eigenvalue weighted by molar-refractivity contribution is 5.85. The van der Waals surface area contributed by atoms with Gasteiger partial charge < -0.3 is 5.11 Å². The van der Waals surface area contributed by atoms with E-state index in [1.807, 2.05) is 24.3 Å². The Bertz CT molecular complexity index is 323. The van der Waals surface area contributed by atoms with Crippen LogP contribution in [0.4, 0.5) is 0 Å². The van der Waals surface area contributed by atoms with Crippen molar-refractivity contribution in [2.45, 2.75) is 19.8 Å². The fraction of sp³-hybridized carbons (Fsp3) is 0.250. The van der Waals surface area contributed by atoms with Crippen LogP contribution in [0, 0.1) is 0 Å². The lowest BCUT2D eigenvalue weighted by atomic mass is 10.1. The standard InChI is InChI=1S/C12H14O2/c1-2-3-10-4-6-11(7-5-10)8-9-12(13)14/h4-9H,2-3H2,1H3,(H,13,14)/b9-8+. The predicted octanol–water partition coefficient (Wildman–Crippen LogP) is 2.74. The van der Waals surface area contributed by atoms with Gasteiger partial charge in [0.2, 0.25) is 0 Å². The summed E-state index contributed by atoms with van der Waals surface area (Å²) in [7, 11) is 0. The van der Waals surface area contributed by atoms with E-state index in [0.29, 0.717) is 0 Å². The highest BCUT2D eigenvalue weighted by Crippen LogP contribution is 2.07. The van der Waals surface area contributed by atoms with Crippen LogP contribution >= 0.6 is 0 Å². The van der Waals surface area contributed by atoms with E-state index in [1.165, 1.54) is 5.56 Å². The Morgan fingerprint density at radius 1 is 1.36 bits per heavy atom. The van der Waals surface area contributed by atoms with Crippen molar-refractivity contribution in [3.05, 3.63) is 41.5 Å². The van der Waals surface area contributed by atoms with E-state index in [2.05, 4.69) is 6.92 Å². The minimum absolute atomic E-state index is 0.914. The van der Waals surface area contributed by atoms with Crippen LogP contribution in [0.5, 0.6) is 0 Å². The van der Waals surface area contributed by atoms with E-state index < -0.39 is 5.97 Å². The number of aliphatic carboxylic acids is 1. The Labute approximate surface area is 83.9 Å². The van der Waals surface area contributed by atoms with Crippen LogP contribution in [0.25, 0.3) is 6.08 Å². The molecule has 1 N–H and O–H groups in total. The van der Waals surface area contributed by atoms with Gasteiger partial charge in [0.1, 0.15) is 0 Å². The molecule has 0 aliphatic carbocycles. The Morgan fingerprint density at radius 2 is 2.00 bits per heavy atom. The molecule has 0 spiro atoms. The van der Waals surface area contributed by atoms with E-state index in [9.17, 15) is 4.79 Å². The number of rotatable bonds is 4. The van der Waals surface area contributed by atoms with Crippen LogP contribution in [0.1, 0.15) is 24.5 Å². The first-order chi connectivity index (χ1) is 6.72. The molecule has 0 saturated heterocycles. The fourth-order valence-electron chi connectivity index (χ4n) is 1.25. The number of hydrogen-bond acceptors (Lipinski definition) is 1. The van der Waals surface area contributed by atoms with Gasteiger partial charge in [-0.3, -0.25) is 0 Å². The van der Waals surface area contributed by atoms with Gasteiger partial charge in [-0.25, -0.2) is 4.79 Å². The van der Waals surface area contributed by atoms with E-state index in [-0.39, 0.29) is 0 Å². The summed E-state index contributed by atoms with van der Waals surface area (Å²) in [6.07, 6.45) is 4.94. The largest absolute Gasteiger partial charge is 0.478 e. The molecule has 0 aliphatic rings. The third kappa shape index (κ3) is 3.44. The lowest BCUT2D eigenvalue weighted by Crippen LogP contribution is -1.86. The third-order valence-corrected chi connectivity index (χ3v) is 1.94. The molecule has 0 amide bonds. The molecule has 0 fully saturated rings. The monoisotopic (exact) mass is 190 g/mol. The average Bonchev–Trinajstić information content (AvgIpc) is 2.17. The molecule has 0 aromatic heterocycles. The summed E-state index contributed by atoms with van der Waals surface area (Å²) in [5.74, 6) is -0.914. The van der Waals surface area contributed by atoms with Gasteiger partial charge in [0.15, 0.2) is 0 Å². The Balaban J connectivity index is 2.68. The maximum atomic E-state index is 10.3. The van der Waals surface area contributed by atoms with Gasteiger partial charge in [-0.05, 0) is 23.6 Å². The van der Waals surface area contributed by atoms with E-state index in [0.717, 1.165) is 24.5 Å². The zero-order valence-electron chi connectivity index (χ0n) is 8.23. The van der Waals surface area contributed by atoms with Crippen LogP contribution < -0.4 is 0 Å². The summed E-state index contributed by atoms with van der Waals surface area (Å²) in [5, 5.41) is 8.43. The fourth-order valence-corrected chi connectivity index (χ4v) is 1.25. The van der Waals surface area contributed by atoms with Crippen LogP contribution in [-0.2, 0) is 11.2 Å². The Morgan fingerprint density at radius 3 is 2.50 bits per heavy atom. The van der Waals surface area contributed by atoms with Crippen LogP contribution in [0.15, 0.2) is 30.3 Å². The quantitative estimate of drug-likeness (QED) is 0.741. The van der Waals surface area contributed by atoms with Crippen LogP contribution in [0.2, 0.25) is 0 Å². The molecule has 0 radical (unpaired) electrons. The summed E-state index contributed by atoms with van der Waals surface area (Å²) in [4.78, 5) is 10.3. The second-order valence-electron chi connectivity index (χ2n) is 3.16. The van der Waals surface area contributed by atoms with Crippen molar-refractivity contribution < 1.29 is 9.90 Å². The molecule has 0 aliphatic heterocycles. The first-order valence-corrected chi connectivity index (χ1v) is 4.72. The number of carboxylic acids is 1.